The van der Waals surface area contributed by atoms with Gasteiger partial charge in [-0.2, -0.15) is 5.26 Å². The van der Waals surface area contributed by atoms with Gasteiger partial charge in [0.1, 0.15) is 6.07 Å². The molecule has 3 rings (SSSR count). The van der Waals surface area contributed by atoms with Crippen molar-refractivity contribution >= 4 is 5.82 Å². The van der Waals surface area contributed by atoms with Crippen molar-refractivity contribution < 1.29 is 0 Å². The van der Waals surface area contributed by atoms with Gasteiger partial charge < -0.3 is 9.88 Å². The zero-order valence-corrected chi connectivity index (χ0v) is 13.5. The molecular weight excluding hydrogens is 290 g/mol. The number of rotatable bonds is 4. The Morgan fingerprint density at radius 2 is 2.17 bits per heavy atom. The number of likely N-dealkylation sites (tertiary alicyclic amines) is 1. The first kappa shape index (κ1) is 15.4. The molecule has 1 aliphatic heterocycles. The smallest absolute Gasteiger partial charge is 0.182 e. The molecule has 1 aliphatic rings. The van der Waals surface area contributed by atoms with Crippen LogP contribution in [0.4, 0.5) is 5.82 Å². The summed E-state index contributed by atoms with van der Waals surface area (Å²) in [5.41, 5.74) is 1.56. The molecule has 3 heterocycles. The quantitative estimate of drug-likeness (QED) is 0.923. The molecule has 0 radical (unpaired) electrons. The maximum Gasteiger partial charge on any atom is 0.182 e. The highest BCUT2D eigenvalue weighted by Crippen LogP contribution is 2.34. The van der Waals surface area contributed by atoms with E-state index in [0.717, 1.165) is 19.5 Å². The first-order valence-electron chi connectivity index (χ1n) is 7.82. The number of imidazole rings is 1. The Morgan fingerprint density at radius 1 is 1.35 bits per heavy atom. The lowest BCUT2D eigenvalue weighted by molar-refractivity contribution is 0.122. The first-order valence-corrected chi connectivity index (χ1v) is 7.82. The maximum absolute atomic E-state index is 9.12. The summed E-state index contributed by atoms with van der Waals surface area (Å²) in [5, 5.41) is 12.4. The summed E-state index contributed by atoms with van der Waals surface area (Å²) >= 11 is 0. The van der Waals surface area contributed by atoms with Crippen LogP contribution in [0, 0.1) is 17.2 Å². The Balaban J connectivity index is 1.77. The van der Waals surface area contributed by atoms with Crippen molar-refractivity contribution in [3.8, 4) is 6.07 Å². The fourth-order valence-corrected chi connectivity index (χ4v) is 3.37. The third kappa shape index (κ3) is 3.17. The van der Waals surface area contributed by atoms with Crippen LogP contribution < -0.4 is 5.32 Å². The molecule has 1 saturated heterocycles. The van der Waals surface area contributed by atoms with Gasteiger partial charge in [-0.3, -0.25) is 4.90 Å². The van der Waals surface area contributed by atoms with E-state index < -0.39 is 0 Å². The van der Waals surface area contributed by atoms with Gasteiger partial charge in [0, 0.05) is 32.2 Å². The van der Waals surface area contributed by atoms with Gasteiger partial charge in [-0.15, -0.1) is 0 Å². The van der Waals surface area contributed by atoms with E-state index in [9.17, 15) is 0 Å². The van der Waals surface area contributed by atoms with Crippen molar-refractivity contribution in [2.45, 2.75) is 18.9 Å². The van der Waals surface area contributed by atoms with E-state index in [0.29, 0.717) is 23.5 Å². The summed E-state index contributed by atoms with van der Waals surface area (Å²) in [6, 6.07) is 2.39. The Morgan fingerprint density at radius 3 is 2.91 bits per heavy atom. The zero-order valence-electron chi connectivity index (χ0n) is 13.5. The number of nitriles is 1. The minimum absolute atomic E-state index is 0.311. The van der Waals surface area contributed by atoms with Gasteiger partial charge in [0.25, 0.3) is 0 Å². The van der Waals surface area contributed by atoms with Crippen LogP contribution in [0.1, 0.15) is 30.3 Å². The van der Waals surface area contributed by atoms with E-state index in [-0.39, 0.29) is 0 Å². The molecule has 1 N–H and O–H groups in total. The molecule has 0 spiro atoms. The molecule has 2 aromatic heterocycles. The van der Waals surface area contributed by atoms with Crippen LogP contribution in [0.3, 0.4) is 0 Å². The number of nitrogens with zero attached hydrogens (tertiary/aromatic N) is 6. The van der Waals surface area contributed by atoms with Crippen molar-refractivity contribution in [2.24, 2.45) is 13.0 Å². The molecular formula is C16H21N7. The lowest BCUT2D eigenvalue weighted by Gasteiger charge is -2.39. The number of aryl methyl sites for hydroxylation is 1. The standard InChI is InChI=1S/C16H21N7/c1-22-7-3-4-12(15(22)14-10-18-11-23(14)2)9-21-16-13(8-17)19-5-6-20-16/h5-6,10-12,15H,3-4,7,9H2,1-2H3,(H,20,21)/t12-,15+/m0/s1. The highest BCUT2D eigenvalue weighted by atomic mass is 15.2. The molecule has 0 bridgehead atoms. The van der Waals surface area contributed by atoms with Crippen molar-refractivity contribution in [3.63, 3.8) is 0 Å². The lowest BCUT2D eigenvalue weighted by atomic mass is 9.87. The molecule has 7 nitrogen and oxygen atoms in total. The van der Waals surface area contributed by atoms with Gasteiger partial charge in [-0.05, 0) is 32.4 Å². The molecule has 0 saturated carbocycles. The zero-order chi connectivity index (χ0) is 16.2. The molecule has 0 amide bonds. The monoisotopic (exact) mass is 311 g/mol. The predicted octanol–water partition coefficient (Wildman–Crippen LogP) is 1.58. The molecule has 23 heavy (non-hydrogen) atoms. The third-order valence-electron chi connectivity index (χ3n) is 4.50. The van der Waals surface area contributed by atoms with Crippen LogP contribution in [0.25, 0.3) is 0 Å². The van der Waals surface area contributed by atoms with E-state index in [1.165, 1.54) is 18.3 Å². The minimum atomic E-state index is 0.311. The van der Waals surface area contributed by atoms with E-state index in [2.05, 4.69) is 42.9 Å². The van der Waals surface area contributed by atoms with Gasteiger partial charge in [-0.25, -0.2) is 15.0 Å². The number of aromatic nitrogens is 4. The van der Waals surface area contributed by atoms with Crippen molar-refractivity contribution in [3.05, 3.63) is 36.3 Å². The molecule has 7 heteroatoms. The molecule has 0 unspecified atom stereocenters. The van der Waals surface area contributed by atoms with Crippen LogP contribution in [0.15, 0.2) is 24.9 Å². The second kappa shape index (κ2) is 6.75. The molecule has 2 aromatic rings. The van der Waals surface area contributed by atoms with Crippen LogP contribution in [0.2, 0.25) is 0 Å². The van der Waals surface area contributed by atoms with Gasteiger partial charge in [-0.1, -0.05) is 0 Å². The summed E-state index contributed by atoms with van der Waals surface area (Å²) in [5.74, 6) is 0.990. The SMILES string of the molecule is CN1CCC[C@@H](CNc2nccnc2C#N)[C@@H]1c1cncn1C. The first-order chi connectivity index (χ1) is 11.2. The third-order valence-corrected chi connectivity index (χ3v) is 4.50. The molecule has 0 aromatic carbocycles. The number of hydrogen-bond donors (Lipinski definition) is 1. The second-order valence-corrected chi connectivity index (χ2v) is 6.00. The minimum Gasteiger partial charge on any atom is -0.367 e. The topological polar surface area (TPSA) is 82.7 Å². The summed E-state index contributed by atoms with van der Waals surface area (Å²) in [6.45, 7) is 1.84. The Hall–Kier alpha value is -2.46. The number of anilines is 1. The Bertz CT molecular complexity index is 702. The molecule has 1 fully saturated rings. The lowest BCUT2D eigenvalue weighted by Crippen LogP contribution is -2.39. The Labute approximate surface area is 136 Å². The van der Waals surface area contributed by atoms with Gasteiger partial charge >= 0.3 is 0 Å². The number of nitrogens with one attached hydrogen (secondary N) is 1. The summed E-state index contributed by atoms with van der Waals surface area (Å²) in [7, 11) is 4.19. The van der Waals surface area contributed by atoms with E-state index in [1.54, 1.807) is 6.20 Å². The fraction of sp³-hybridized carbons (Fsp3) is 0.500. The van der Waals surface area contributed by atoms with Crippen LogP contribution >= 0.6 is 0 Å². The van der Waals surface area contributed by atoms with E-state index in [1.807, 2.05) is 19.6 Å². The second-order valence-electron chi connectivity index (χ2n) is 6.00. The molecule has 120 valence electrons. The van der Waals surface area contributed by atoms with Gasteiger partial charge in [0.2, 0.25) is 0 Å². The Kier molecular flexibility index (Phi) is 4.53. The van der Waals surface area contributed by atoms with Crippen LogP contribution in [0.5, 0.6) is 0 Å². The van der Waals surface area contributed by atoms with Crippen molar-refractivity contribution in [1.82, 2.24) is 24.4 Å². The fourth-order valence-electron chi connectivity index (χ4n) is 3.37. The predicted molar refractivity (Wildman–Crippen MR) is 86.5 cm³/mol. The van der Waals surface area contributed by atoms with Gasteiger partial charge in [0.05, 0.1) is 18.1 Å². The average molecular weight is 311 g/mol. The highest BCUT2D eigenvalue weighted by molar-refractivity contribution is 5.46. The van der Waals surface area contributed by atoms with Crippen molar-refractivity contribution in [1.29, 1.82) is 5.26 Å². The molecule has 0 aliphatic carbocycles. The van der Waals surface area contributed by atoms with Gasteiger partial charge in [0.15, 0.2) is 11.5 Å². The largest absolute Gasteiger partial charge is 0.367 e. The van der Waals surface area contributed by atoms with E-state index >= 15 is 0 Å². The van der Waals surface area contributed by atoms with Crippen LogP contribution in [-0.2, 0) is 7.05 Å². The van der Waals surface area contributed by atoms with E-state index in [4.69, 9.17) is 5.26 Å². The average Bonchev–Trinajstić information content (AvgIpc) is 2.99. The van der Waals surface area contributed by atoms with Crippen LogP contribution in [-0.4, -0.2) is 44.6 Å². The van der Waals surface area contributed by atoms with Crippen molar-refractivity contribution in [2.75, 3.05) is 25.5 Å². The number of piperidine rings is 1. The highest BCUT2D eigenvalue weighted by Gasteiger charge is 2.32. The molecule has 2 atom stereocenters. The summed E-state index contributed by atoms with van der Waals surface area (Å²) in [4.78, 5) is 14.9. The maximum atomic E-state index is 9.12. The normalized spacial score (nSPS) is 21.8. The summed E-state index contributed by atoms with van der Waals surface area (Å²) in [6.07, 6.45) is 9.24. The number of hydrogen-bond acceptors (Lipinski definition) is 6. The summed E-state index contributed by atoms with van der Waals surface area (Å²) < 4.78 is 2.09.